The lowest BCUT2D eigenvalue weighted by Gasteiger charge is -2.36. The molecule has 0 unspecified atom stereocenters. The van der Waals surface area contributed by atoms with E-state index in [0.717, 1.165) is 31.1 Å². The maximum atomic E-state index is 5.69. The molecule has 0 atom stereocenters. The maximum Gasteiger partial charge on any atom is 0.0110 e. The smallest absolute Gasteiger partial charge is 0.0110 e. The van der Waals surface area contributed by atoms with Crippen LogP contribution in [0.4, 0.5) is 0 Å². The van der Waals surface area contributed by atoms with Gasteiger partial charge in [-0.15, -0.1) is 0 Å². The molecule has 2 heteroatoms. The molecule has 2 fully saturated rings. The van der Waals surface area contributed by atoms with Crippen molar-refractivity contribution in [1.29, 1.82) is 0 Å². The predicted molar refractivity (Wildman–Crippen MR) is 60.2 cm³/mol. The third kappa shape index (κ3) is 2.48. The molecule has 0 aromatic heterocycles. The summed E-state index contributed by atoms with van der Waals surface area (Å²) in [6.45, 7) is 4.35. The summed E-state index contributed by atoms with van der Waals surface area (Å²) >= 11 is 0. The predicted octanol–water partition coefficient (Wildman–Crippen LogP) is 1.99. The van der Waals surface area contributed by atoms with Gasteiger partial charge < -0.3 is 5.73 Å². The minimum absolute atomic E-state index is 0.836. The molecular formula is C12H24N2. The molecule has 82 valence electrons. The molecule has 2 saturated carbocycles. The van der Waals surface area contributed by atoms with Crippen LogP contribution in [0.3, 0.4) is 0 Å². The monoisotopic (exact) mass is 196 g/mol. The van der Waals surface area contributed by atoms with Crippen LogP contribution in [0.25, 0.3) is 0 Å². The van der Waals surface area contributed by atoms with Crippen LogP contribution in [-0.4, -0.2) is 30.1 Å². The fourth-order valence-electron chi connectivity index (χ4n) is 2.79. The summed E-state index contributed by atoms with van der Waals surface area (Å²) in [5.41, 5.74) is 5.69. The van der Waals surface area contributed by atoms with Gasteiger partial charge in [-0.25, -0.2) is 0 Å². The highest BCUT2D eigenvalue weighted by Crippen LogP contribution is 2.34. The topological polar surface area (TPSA) is 29.3 Å². The van der Waals surface area contributed by atoms with Gasteiger partial charge >= 0.3 is 0 Å². The Morgan fingerprint density at radius 1 is 1.00 bits per heavy atom. The van der Waals surface area contributed by atoms with Crippen LogP contribution in [0.5, 0.6) is 0 Å². The SMILES string of the molecule is CC1CCC(N(CCN)C2CC2)CC1. The second-order valence-electron chi connectivity index (χ2n) is 5.17. The highest BCUT2D eigenvalue weighted by molar-refractivity contribution is 4.90. The first-order valence-corrected chi connectivity index (χ1v) is 6.27. The Labute approximate surface area is 87.8 Å². The summed E-state index contributed by atoms with van der Waals surface area (Å²) in [5, 5.41) is 0. The number of nitrogens with two attached hydrogens (primary N) is 1. The molecule has 2 rings (SSSR count). The summed E-state index contributed by atoms with van der Waals surface area (Å²) in [6.07, 6.45) is 8.53. The zero-order chi connectivity index (χ0) is 9.97. The van der Waals surface area contributed by atoms with Crippen LogP contribution in [-0.2, 0) is 0 Å². The van der Waals surface area contributed by atoms with Gasteiger partial charge in [0, 0.05) is 25.2 Å². The van der Waals surface area contributed by atoms with Gasteiger partial charge in [-0.05, 0) is 44.4 Å². The number of hydrogen-bond acceptors (Lipinski definition) is 2. The molecule has 0 amide bonds. The third-order valence-corrected chi connectivity index (χ3v) is 3.86. The fourth-order valence-corrected chi connectivity index (χ4v) is 2.79. The van der Waals surface area contributed by atoms with Crippen LogP contribution in [0.2, 0.25) is 0 Å². The summed E-state index contributed by atoms with van der Waals surface area (Å²) in [5.74, 6) is 0.963. The largest absolute Gasteiger partial charge is 0.329 e. The Balaban J connectivity index is 1.84. The van der Waals surface area contributed by atoms with Gasteiger partial charge in [0.15, 0.2) is 0 Å². The molecule has 0 radical (unpaired) electrons. The molecular weight excluding hydrogens is 172 g/mol. The van der Waals surface area contributed by atoms with Gasteiger partial charge in [-0.3, -0.25) is 4.90 Å². The second-order valence-corrected chi connectivity index (χ2v) is 5.17. The highest BCUT2D eigenvalue weighted by Gasteiger charge is 2.34. The number of rotatable bonds is 4. The van der Waals surface area contributed by atoms with E-state index in [1.54, 1.807) is 0 Å². The fraction of sp³-hybridized carbons (Fsp3) is 1.00. The van der Waals surface area contributed by atoms with Crippen molar-refractivity contribution in [2.45, 2.75) is 57.5 Å². The van der Waals surface area contributed by atoms with Crippen molar-refractivity contribution in [1.82, 2.24) is 4.90 Å². The lowest BCUT2D eigenvalue weighted by Crippen LogP contribution is -2.42. The molecule has 2 nitrogen and oxygen atoms in total. The van der Waals surface area contributed by atoms with E-state index in [2.05, 4.69) is 11.8 Å². The first kappa shape index (κ1) is 10.4. The van der Waals surface area contributed by atoms with Crippen molar-refractivity contribution in [2.75, 3.05) is 13.1 Å². The first-order valence-electron chi connectivity index (χ1n) is 6.27. The Kier molecular flexibility index (Phi) is 3.45. The summed E-state index contributed by atoms with van der Waals surface area (Å²) in [6, 6.07) is 1.76. The molecule has 0 saturated heterocycles. The Hall–Kier alpha value is -0.0800. The Morgan fingerprint density at radius 2 is 1.50 bits per heavy atom. The standard InChI is InChI=1S/C12H24N2/c1-10-2-4-11(5-3-10)14(9-8-13)12-6-7-12/h10-12H,2-9,13H2,1H3. The summed E-state index contributed by atoms with van der Waals surface area (Å²) < 4.78 is 0. The van der Waals surface area contributed by atoms with Crippen LogP contribution < -0.4 is 5.73 Å². The van der Waals surface area contributed by atoms with Crippen LogP contribution in [0, 0.1) is 5.92 Å². The molecule has 14 heavy (non-hydrogen) atoms. The maximum absolute atomic E-state index is 5.69. The van der Waals surface area contributed by atoms with Crippen molar-refractivity contribution in [3.8, 4) is 0 Å². The van der Waals surface area contributed by atoms with E-state index in [1.807, 2.05) is 0 Å². The van der Waals surface area contributed by atoms with E-state index in [4.69, 9.17) is 5.73 Å². The third-order valence-electron chi connectivity index (χ3n) is 3.86. The zero-order valence-electron chi connectivity index (χ0n) is 9.41. The highest BCUT2D eigenvalue weighted by atomic mass is 15.2. The van der Waals surface area contributed by atoms with E-state index in [1.165, 1.54) is 38.5 Å². The second kappa shape index (κ2) is 4.63. The molecule has 0 heterocycles. The summed E-state index contributed by atoms with van der Waals surface area (Å²) in [7, 11) is 0. The molecule has 2 aliphatic carbocycles. The Bertz CT molecular complexity index is 169. The minimum Gasteiger partial charge on any atom is -0.329 e. The molecule has 0 bridgehead atoms. The molecule has 2 N–H and O–H groups in total. The minimum atomic E-state index is 0.836. The average molecular weight is 196 g/mol. The van der Waals surface area contributed by atoms with Gasteiger partial charge in [0.05, 0.1) is 0 Å². The molecule has 0 spiro atoms. The lowest BCUT2D eigenvalue weighted by atomic mass is 9.86. The quantitative estimate of drug-likeness (QED) is 0.745. The van der Waals surface area contributed by atoms with E-state index >= 15 is 0 Å². The van der Waals surface area contributed by atoms with Gasteiger partial charge in [-0.2, -0.15) is 0 Å². The number of nitrogens with zero attached hydrogens (tertiary/aromatic N) is 1. The molecule has 0 aromatic carbocycles. The van der Waals surface area contributed by atoms with Crippen LogP contribution in [0.1, 0.15) is 45.4 Å². The van der Waals surface area contributed by atoms with Gasteiger partial charge in [-0.1, -0.05) is 6.92 Å². The van der Waals surface area contributed by atoms with E-state index in [-0.39, 0.29) is 0 Å². The zero-order valence-corrected chi connectivity index (χ0v) is 9.41. The summed E-state index contributed by atoms with van der Waals surface area (Å²) in [4.78, 5) is 2.70. The van der Waals surface area contributed by atoms with Crippen LogP contribution >= 0.6 is 0 Å². The van der Waals surface area contributed by atoms with E-state index < -0.39 is 0 Å². The Morgan fingerprint density at radius 3 is 1.93 bits per heavy atom. The number of hydrogen-bond donors (Lipinski definition) is 1. The van der Waals surface area contributed by atoms with E-state index in [9.17, 15) is 0 Å². The van der Waals surface area contributed by atoms with Crippen molar-refractivity contribution in [3.63, 3.8) is 0 Å². The van der Waals surface area contributed by atoms with Crippen molar-refractivity contribution in [3.05, 3.63) is 0 Å². The lowest BCUT2D eigenvalue weighted by molar-refractivity contribution is 0.135. The average Bonchev–Trinajstić information content (AvgIpc) is 2.99. The molecule has 2 aliphatic rings. The first-order chi connectivity index (χ1) is 6.81. The molecule has 0 aromatic rings. The van der Waals surface area contributed by atoms with Gasteiger partial charge in [0.2, 0.25) is 0 Å². The van der Waals surface area contributed by atoms with Crippen LogP contribution in [0.15, 0.2) is 0 Å². The van der Waals surface area contributed by atoms with Crippen molar-refractivity contribution < 1.29 is 0 Å². The van der Waals surface area contributed by atoms with Crippen molar-refractivity contribution in [2.24, 2.45) is 11.7 Å². The molecule has 0 aliphatic heterocycles. The normalized spacial score (nSPS) is 33.6. The van der Waals surface area contributed by atoms with Crippen molar-refractivity contribution >= 4 is 0 Å². The van der Waals surface area contributed by atoms with E-state index in [0.29, 0.717) is 0 Å². The van der Waals surface area contributed by atoms with Gasteiger partial charge in [0.25, 0.3) is 0 Å². The van der Waals surface area contributed by atoms with Gasteiger partial charge in [0.1, 0.15) is 0 Å².